The Morgan fingerprint density at radius 3 is 2.88 bits per heavy atom. The van der Waals surface area contributed by atoms with E-state index >= 15 is 0 Å². The van der Waals surface area contributed by atoms with Gasteiger partial charge in [0, 0.05) is 11.9 Å². The summed E-state index contributed by atoms with van der Waals surface area (Å²) in [6, 6.07) is 10.9. The fraction of sp³-hybridized carbons (Fsp3) is 0.167. The largest absolute Gasteiger partial charge is 0.465 e. The summed E-state index contributed by atoms with van der Waals surface area (Å²) < 4.78 is 10.0. The first kappa shape index (κ1) is 17.0. The molecule has 0 spiro atoms. The van der Waals surface area contributed by atoms with Gasteiger partial charge in [0.1, 0.15) is 16.6 Å². The Hall–Kier alpha value is -2.80. The quantitative estimate of drug-likeness (QED) is 0.540. The molecule has 2 aromatic heterocycles. The van der Waals surface area contributed by atoms with E-state index in [1.807, 2.05) is 31.4 Å². The van der Waals surface area contributed by atoms with Crippen LogP contribution in [0.5, 0.6) is 0 Å². The molecule has 128 valence electrons. The predicted molar refractivity (Wildman–Crippen MR) is 97.3 cm³/mol. The minimum Gasteiger partial charge on any atom is -0.465 e. The van der Waals surface area contributed by atoms with Crippen molar-refractivity contribution in [2.45, 2.75) is 11.9 Å². The molecule has 25 heavy (non-hydrogen) atoms. The Balaban J connectivity index is 1.90. The molecule has 0 radical (unpaired) electrons. The Kier molecular flexibility index (Phi) is 5.04. The average molecular weight is 355 g/mol. The molecule has 3 aromatic rings. The Bertz CT molecular complexity index is 908. The van der Waals surface area contributed by atoms with Crippen molar-refractivity contribution < 1.29 is 14.1 Å². The molecule has 7 heteroatoms. The van der Waals surface area contributed by atoms with E-state index in [4.69, 9.17) is 9.26 Å². The number of benzene rings is 1. The molecule has 0 fully saturated rings. The van der Waals surface area contributed by atoms with Crippen molar-refractivity contribution in [2.24, 2.45) is 0 Å². The monoisotopic (exact) mass is 355 g/mol. The molecule has 2 heterocycles. The normalized spacial score (nSPS) is 10.5. The summed E-state index contributed by atoms with van der Waals surface area (Å²) in [5.41, 5.74) is 3.15. The lowest BCUT2D eigenvalue weighted by molar-refractivity contribution is 0.0601. The first-order valence-corrected chi connectivity index (χ1v) is 8.77. The lowest BCUT2D eigenvalue weighted by Gasteiger charge is -2.09. The maximum atomic E-state index is 11.7. The summed E-state index contributed by atoms with van der Waals surface area (Å²) in [5, 5.41) is 8.10. The van der Waals surface area contributed by atoms with Crippen molar-refractivity contribution in [2.75, 3.05) is 18.7 Å². The van der Waals surface area contributed by atoms with Gasteiger partial charge in [0.25, 0.3) is 0 Å². The van der Waals surface area contributed by atoms with Gasteiger partial charge in [-0.1, -0.05) is 11.2 Å². The molecule has 3 rings (SSSR count). The second kappa shape index (κ2) is 7.40. The summed E-state index contributed by atoms with van der Waals surface area (Å²) in [5.74, 6) is 1.04. The van der Waals surface area contributed by atoms with Crippen molar-refractivity contribution in [3.8, 4) is 11.1 Å². The van der Waals surface area contributed by atoms with E-state index in [0.29, 0.717) is 11.4 Å². The second-order valence-corrected chi connectivity index (χ2v) is 6.05. The third kappa shape index (κ3) is 3.66. The summed E-state index contributed by atoms with van der Waals surface area (Å²) >= 11 is 1.53. The van der Waals surface area contributed by atoms with E-state index in [1.54, 1.807) is 24.4 Å². The highest BCUT2D eigenvalue weighted by molar-refractivity contribution is 7.98. The van der Waals surface area contributed by atoms with Gasteiger partial charge in [0.2, 0.25) is 0 Å². The number of pyridine rings is 1. The minimum absolute atomic E-state index is 0.380. The molecule has 1 N–H and O–H groups in total. The van der Waals surface area contributed by atoms with Crippen LogP contribution in [0.3, 0.4) is 0 Å². The number of ether oxygens (including phenoxy) is 1. The summed E-state index contributed by atoms with van der Waals surface area (Å²) in [6.07, 6.45) is 3.68. The van der Waals surface area contributed by atoms with E-state index in [2.05, 4.69) is 15.5 Å². The van der Waals surface area contributed by atoms with Crippen LogP contribution < -0.4 is 5.32 Å². The summed E-state index contributed by atoms with van der Waals surface area (Å²) in [6.45, 7) is 1.88. The number of methoxy groups -OCH3 is 1. The molecule has 0 aliphatic heterocycles. The van der Waals surface area contributed by atoms with Gasteiger partial charge in [-0.15, -0.1) is 11.8 Å². The molecule has 0 saturated carbocycles. The van der Waals surface area contributed by atoms with Crippen LogP contribution in [0.2, 0.25) is 0 Å². The smallest absolute Gasteiger partial charge is 0.337 e. The van der Waals surface area contributed by atoms with Crippen molar-refractivity contribution in [3.63, 3.8) is 0 Å². The lowest BCUT2D eigenvalue weighted by Crippen LogP contribution is -2.02. The second-order valence-electron chi connectivity index (χ2n) is 5.25. The SMILES string of the molecule is COC(=O)c1cccc(Nc2cc(-c3c(SC)noc3C)ccn2)c1. The Morgan fingerprint density at radius 1 is 1.28 bits per heavy atom. The van der Waals surface area contributed by atoms with Crippen LogP contribution in [0.4, 0.5) is 11.5 Å². The zero-order valence-corrected chi connectivity index (χ0v) is 14.9. The number of carbonyl (C=O) groups excluding carboxylic acids is 1. The zero-order chi connectivity index (χ0) is 17.8. The van der Waals surface area contributed by atoms with Gasteiger partial charge in [0.05, 0.1) is 18.2 Å². The fourth-order valence-corrected chi connectivity index (χ4v) is 3.04. The Morgan fingerprint density at radius 2 is 2.12 bits per heavy atom. The fourth-order valence-electron chi connectivity index (χ4n) is 2.46. The van der Waals surface area contributed by atoms with Crippen molar-refractivity contribution in [1.82, 2.24) is 10.1 Å². The third-order valence-corrected chi connectivity index (χ3v) is 4.29. The number of nitrogens with zero attached hydrogens (tertiary/aromatic N) is 2. The van der Waals surface area contributed by atoms with Crippen molar-refractivity contribution in [1.29, 1.82) is 0 Å². The molecule has 1 aromatic carbocycles. The zero-order valence-electron chi connectivity index (χ0n) is 14.1. The molecule has 0 amide bonds. The van der Waals surface area contributed by atoms with E-state index in [1.165, 1.54) is 18.9 Å². The topological polar surface area (TPSA) is 77.2 Å². The number of aromatic nitrogens is 2. The molecule has 0 atom stereocenters. The van der Waals surface area contributed by atoms with Gasteiger partial charge < -0.3 is 14.6 Å². The van der Waals surface area contributed by atoms with Crippen molar-refractivity contribution >= 4 is 29.2 Å². The van der Waals surface area contributed by atoms with Crippen LogP contribution in [0.15, 0.2) is 52.1 Å². The Labute approximate surface area is 149 Å². The number of anilines is 2. The predicted octanol–water partition coefficient (Wildman–Crippen LogP) is 4.30. The maximum absolute atomic E-state index is 11.7. The number of esters is 1. The highest BCUT2D eigenvalue weighted by Gasteiger charge is 2.15. The molecule has 0 aliphatic rings. The number of hydrogen-bond acceptors (Lipinski definition) is 7. The number of aryl methyl sites for hydroxylation is 1. The average Bonchev–Trinajstić information content (AvgIpc) is 3.02. The van der Waals surface area contributed by atoms with Crippen LogP contribution >= 0.6 is 11.8 Å². The highest BCUT2D eigenvalue weighted by atomic mass is 32.2. The molecule has 0 aliphatic carbocycles. The van der Waals surface area contributed by atoms with Crippen LogP contribution in [-0.2, 0) is 4.74 Å². The summed E-state index contributed by atoms with van der Waals surface area (Å²) in [7, 11) is 1.36. The van der Waals surface area contributed by atoms with E-state index < -0.39 is 0 Å². The number of thioether (sulfide) groups is 1. The van der Waals surface area contributed by atoms with Crippen LogP contribution in [-0.4, -0.2) is 29.5 Å². The number of rotatable bonds is 5. The number of nitrogens with one attached hydrogen (secondary N) is 1. The molecule has 6 nitrogen and oxygen atoms in total. The van der Waals surface area contributed by atoms with E-state index in [-0.39, 0.29) is 5.97 Å². The third-order valence-electron chi connectivity index (χ3n) is 3.63. The van der Waals surface area contributed by atoms with Gasteiger partial charge in [-0.05, 0) is 49.1 Å². The van der Waals surface area contributed by atoms with Crippen molar-refractivity contribution in [3.05, 3.63) is 53.9 Å². The van der Waals surface area contributed by atoms with Gasteiger partial charge >= 0.3 is 5.97 Å². The molecular formula is C18H17N3O3S. The standard InChI is InChI=1S/C18H17N3O3S/c1-11-16(17(25-3)21-24-11)12-7-8-19-15(10-12)20-14-6-4-5-13(9-14)18(22)23-2/h4-10H,1-3H3,(H,19,20). The first-order valence-electron chi connectivity index (χ1n) is 7.54. The number of carbonyl (C=O) groups is 1. The van der Waals surface area contributed by atoms with E-state index in [9.17, 15) is 4.79 Å². The maximum Gasteiger partial charge on any atom is 0.337 e. The van der Waals surface area contributed by atoms with Crippen LogP contribution in [0.25, 0.3) is 11.1 Å². The lowest BCUT2D eigenvalue weighted by atomic mass is 10.1. The molecule has 0 bridgehead atoms. The summed E-state index contributed by atoms with van der Waals surface area (Å²) in [4.78, 5) is 16.0. The highest BCUT2D eigenvalue weighted by Crippen LogP contribution is 2.33. The van der Waals surface area contributed by atoms with E-state index in [0.717, 1.165) is 27.6 Å². The molecule has 0 saturated heterocycles. The first-order chi connectivity index (χ1) is 12.1. The minimum atomic E-state index is -0.380. The molecule has 0 unspecified atom stereocenters. The van der Waals surface area contributed by atoms with Gasteiger partial charge in [-0.25, -0.2) is 9.78 Å². The van der Waals surface area contributed by atoms with Crippen LogP contribution in [0.1, 0.15) is 16.1 Å². The molecular weight excluding hydrogens is 338 g/mol. The number of hydrogen-bond donors (Lipinski definition) is 1. The van der Waals surface area contributed by atoms with Gasteiger partial charge in [0.15, 0.2) is 0 Å². The van der Waals surface area contributed by atoms with Gasteiger partial charge in [-0.3, -0.25) is 0 Å². The van der Waals surface area contributed by atoms with Gasteiger partial charge in [-0.2, -0.15) is 0 Å². The van der Waals surface area contributed by atoms with Crippen LogP contribution in [0, 0.1) is 6.92 Å².